The van der Waals surface area contributed by atoms with E-state index in [2.05, 4.69) is 40.6 Å². The molecule has 0 amide bonds. The third-order valence-corrected chi connectivity index (χ3v) is 3.29. The molecule has 2 aromatic rings. The Hall–Kier alpha value is -1.26. The lowest BCUT2D eigenvalue weighted by Gasteiger charge is -2.16. The van der Waals surface area contributed by atoms with Gasteiger partial charge in [0.15, 0.2) is 0 Å². The summed E-state index contributed by atoms with van der Waals surface area (Å²) in [6.45, 7) is 5.16. The Morgan fingerprint density at radius 1 is 1.31 bits per heavy atom. The van der Waals surface area contributed by atoms with Crippen molar-refractivity contribution in [3.8, 4) is 0 Å². The zero-order chi connectivity index (χ0) is 11.4. The quantitative estimate of drug-likeness (QED) is 0.882. The first-order valence-electron chi connectivity index (χ1n) is 5.34. The lowest BCUT2D eigenvalue weighted by atomic mass is 10.0. The minimum atomic E-state index is 0.205. The van der Waals surface area contributed by atoms with Gasteiger partial charge in [0, 0.05) is 22.8 Å². The van der Waals surface area contributed by atoms with Crippen molar-refractivity contribution in [1.82, 2.24) is 15.3 Å². The fourth-order valence-electron chi connectivity index (χ4n) is 1.71. The van der Waals surface area contributed by atoms with Crippen LogP contribution in [-0.4, -0.2) is 16.5 Å². The van der Waals surface area contributed by atoms with Crippen molar-refractivity contribution in [2.75, 3.05) is 6.54 Å². The van der Waals surface area contributed by atoms with Gasteiger partial charge in [0.05, 0.1) is 6.04 Å². The molecular formula is C12H15N3S. The van der Waals surface area contributed by atoms with Crippen LogP contribution in [0.15, 0.2) is 30.2 Å². The lowest BCUT2D eigenvalue weighted by molar-refractivity contribution is 0.627. The Morgan fingerprint density at radius 3 is 2.62 bits per heavy atom. The van der Waals surface area contributed by atoms with E-state index in [1.54, 1.807) is 17.7 Å². The molecule has 0 saturated heterocycles. The summed E-state index contributed by atoms with van der Waals surface area (Å²) in [7, 11) is 0. The maximum Gasteiger partial charge on any atom is 0.115 e. The number of aromatic nitrogens is 2. The first-order valence-corrected chi connectivity index (χ1v) is 6.22. The van der Waals surface area contributed by atoms with Gasteiger partial charge in [-0.3, -0.25) is 0 Å². The Morgan fingerprint density at radius 2 is 2.06 bits per heavy atom. The van der Waals surface area contributed by atoms with E-state index in [0.717, 1.165) is 12.1 Å². The fourth-order valence-corrected chi connectivity index (χ4v) is 2.44. The third kappa shape index (κ3) is 2.46. The van der Waals surface area contributed by atoms with E-state index in [4.69, 9.17) is 0 Å². The summed E-state index contributed by atoms with van der Waals surface area (Å²) in [5, 5.41) is 5.65. The predicted molar refractivity (Wildman–Crippen MR) is 66.6 cm³/mol. The van der Waals surface area contributed by atoms with E-state index < -0.39 is 0 Å². The van der Waals surface area contributed by atoms with Gasteiger partial charge in [-0.25, -0.2) is 9.97 Å². The molecule has 84 valence electrons. The Balaban J connectivity index is 2.31. The minimum Gasteiger partial charge on any atom is -0.306 e. The molecule has 0 aliphatic carbocycles. The molecule has 1 unspecified atom stereocenters. The van der Waals surface area contributed by atoms with Crippen LogP contribution in [0, 0.1) is 6.92 Å². The van der Waals surface area contributed by atoms with Crippen molar-refractivity contribution in [1.29, 1.82) is 0 Å². The number of nitrogens with zero attached hydrogens (tertiary/aromatic N) is 2. The van der Waals surface area contributed by atoms with Crippen molar-refractivity contribution < 1.29 is 0 Å². The summed E-state index contributed by atoms with van der Waals surface area (Å²) in [6.07, 6.45) is 5.30. The zero-order valence-electron chi connectivity index (χ0n) is 9.47. The van der Waals surface area contributed by atoms with Crippen LogP contribution < -0.4 is 5.32 Å². The summed E-state index contributed by atoms with van der Waals surface area (Å²) in [4.78, 5) is 9.47. The predicted octanol–water partition coefficient (Wildman–Crippen LogP) is 2.55. The average molecular weight is 233 g/mol. The lowest BCUT2D eigenvalue weighted by Crippen LogP contribution is -2.21. The van der Waals surface area contributed by atoms with Gasteiger partial charge in [-0.15, -0.1) is 11.3 Å². The molecule has 2 heterocycles. The van der Waals surface area contributed by atoms with Gasteiger partial charge in [-0.1, -0.05) is 6.92 Å². The summed E-state index contributed by atoms with van der Waals surface area (Å²) in [5.74, 6) is 0. The van der Waals surface area contributed by atoms with E-state index in [1.165, 1.54) is 10.4 Å². The molecule has 0 spiro atoms. The van der Waals surface area contributed by atoms with Crippen molar-refractivity contribution in [3.63, 3.8) is 0 Å². The monoisotopic (exact) mass is 233 g/mol. The Kier molecular flexibility index (Phi) is 3.64. The molecule has 0 fully saturated rings. The van der Waals surface area contributed by atoms with Crippen molar-refractivity contribution in [2.45, 2.75) is 19.9 Å². The van der Waals surface area contributed by atoms with Gasteiger partial charge >= 0.3 is 0 Å². The number of nitrogens with one attached hydrogen (secondary N) is 1. The minimum absolute atomic E-state index is 0.205. The molecule has 2 rings (SSSR count). The molecule has 3 nitrogen and oxygen atoms in total. The molecule has 0 bridgehead atoms. The van der Waals surface area contributed by atoms with Crippen molar-refractivity contribution >= 4 is 11.3 Å². The Labute approximate surface area is 99.6 Å². The number of hydrogen-bond donors (Lipinski definition) is 1. The molecular weight excluding hydrogens is 218 g/mol. The molecule has 16 heavy (non-hydrogen) atoms. The van der Waals surface area contributed by atoms with Gasteiger partial charge in [0.25, 0.3) is 0 Å². The number of aryl methyl sites for hydroxylation is 1. The molecule has 4 heteroatoms. The largest absolute Gasteiger partial charge is 0.306 e. The highest BCUT2D eigenvalue weighted by Crippen LogP contribution is 2.25. The molecule has 0 radical (unpaired) electrons. The van der Waals surface area contributed by atoms with Crippen LogP contribution in [0.5, 0.6) is 0 Å². The fraction of sp³-hybridized carbons (Fsp3) is 0.333. The summed E-state index contributed by atoms with van der Waals surface area (Å²) in [5.41, 5.74) is 2.40. The molecule has 0 saturated carbocycles. The highest BCUT2D eigenvalue weighted by atomic mass is 32.1. The van der Waals surface area contributed by atoms with Gasteiger partial charge in [0.1, 0.15) is 6.33 Å². The second kappa shape index (κ2) is 5.18. The SMILES string of the molecule is CCNC(c1cncnc1)c1csc(C)c1. The maximum atomic E-state index is 4.07. The van der Waals surface area contributed by atoms with E-state index in [-0.39, 0.29) is 6.04 Å². The van der Waals surface area contributed by atoms with E-state index in [0.29, 0.717) is 0 Å². The Bertz CT molecular complexity index is 439. The van der Waals surface area contributed by atoms with E-state index >= 15 is 0 Å². The summed E-state index contributed by atoms with van der Waals surface area (Å²) in [6, 6.07) is 2.42. The van der Waals surface area contributed by atoms with Gasteiger partial charge in [0.2, 0.25) is 0 Å². The first kappa shape index (κ1) is 11.2. The van der Waals surface area contributed by atoms with Crippen LogP contribution in [0.25, 0.3) is 0 Å². The van der Waals surface area contributed by atoms with Crippen LogP contribution in [0.3, 0.4) is 0 Å². The van der Waals surface area contributed by atoms with Gasteiger partial charge in [-0.05, 0) is 30.5 Å². The van der Waals surface area contributed by atoms with E-state index in [1.807, 2.05) is 12.4 Å². The van der Waals surface area contributed by atoms with Gasteiger partial charge in [-0.2, -0.15) is 0 Å². The number of thiophene rings is 1. The second-order valence-corrected chi connectivity index (χ2v) is 4.77. The number of rotatable bonds is 4. The highest BCUT2D eigenvalue weighted by Gasteiger charge is 2.14. The average Bonchev–Trinajstić information content (AvgIpc) is 2.74. The number of hydrogen-bond acceptors (Lipinski definition) is 4. The molecule has 0 aromatic carbocycles. The summed E-state index contributed by atoms with van der Waals surface area (Å²) >= 11 is 1.77. The standard InChI is InChI=1S/C12H15N3S/c1-3-15-12(10-4-9(2)16-7-10)11-5-13-8-14-6-11/h4-8,12,15H,3H2,1-2H3. The molecule has 0 aliphatic heterocycles. The maximum absolute atomic E-state index is 4.07. The van der Waals surface area contributed by atoms with E-state index in [9.17, 15) is 0 Å². The normalized spacial score (nSPS) is 12.6. The zero-order valence-corrected chi connectivity index (χ0v) is 10.3. The van der Waals surface area contributed by atoms with Crippen LogP contribution in [0.2, 0.25) is 0 Å². The topological polar surface area (TPSA) is 37.8 Å². The summed E-state index contributed by atoms with van der Waals surface area (Å²) < 4.78 is 0. The molecule has 2 aromatic heterocycles. The second-order valence-electron chi connectivity index (χ2n) is 3.65. The van der Waals surface area contributed by atoms with Crippen LogP contribution in [0.4, 0.5) is 0 Å². The van der Waals surface area contributed by atoms with Crippen LogP contribution in [-0.2, 0) is 0 Å². The van der Waals surface area contributed by atoms with Gasteiger partial charge < -0.3 is 5.32 Å². The highest BCUT2D eigenvalue weighted by molar-refractivity contribution is 7.10. The molecule has 1 N–H and O–H groups in total. The third-order valence-electron chi connectivity index (χ3n) is 2.41. The molecule has 1 atom stereocenters. The smallest absolute Gasteiger partial charge is 0.115 e. The van der Waals surface area contributed by atoms with Crippen molar-refractivity contribution in [3.05, 3.63) is 46.2 Å². The van der Waals surface area contributed by atoms with Crippen molar-refractivity contribution in [2.24, 2.45) is 0 Å². The van der Waals surface area contributed by atoms with Crippen LogP contribution in [0.1, 0.15) is 29.0 Å². The molecule has 0 aliphatic rings. The van der Waals surface area contributed by atoms with Crippen LogP contribution >= 0.6 is 11.3 Å². The first-order chi connectivity index (χ1) is 7.81.